The maximum atomic E-state index is 13.2. The smallest absolute Gasteiger partial charge is 0.165 e. The Hall–Kier alpha value is -2.04. The fourth-order valence-electron chi connectivity index (χ4n) is 1.64. The topological polar surface area (TPSA) is 39.1 Å². The third-order valence-corrected chi connectivity index (χ3v) is 2.66. The van der Waals surface area contributed by atoms with Gasteiger partial charge in [-0.2, -0.15) is 5.10 Å². The number of aromatic nitrogens is 2. The van der Waals surface area contributed by atoms with Crippen molar-refractivity contribution in [2.24, 2.45) is 0 Å². The number of nitrogens with zero attached hydrogens (tertiary/aromatic N) is 2. The molecule has 0 aliphatic carbocycles. The first-order chi connectivity index (χ1) is 8.72. The summed E-state index contributed by atoms with van der Waals surface area (Å²) >= 11 is 0. The van der Waals surface area contributed by atoms with Crippen LogP contribution in [-0.2, 0) is 13.1 Å². The van der Waals surface area contributed by atoms with Crippen molar-refractivity contribution in [3.8, 4) is 5.75 Å². The zero-order chi connectivity index (χ0) is 13.0. The predicted octanol–water partition coefficient (Wildman–Crippen LogP) is 2.66. The largest absolute Gasteiger partial charge is 0.494 e. The number of benzene rings is 1. The molecule has 4 nitrogen and oxygen atoms in total. The van der Waals surface area contributed by atoms with E-state index in [0.29, 0.717) is 6.54 Å². The van der Waals surface area contributed by atoms with Gasteiger partial charge in [-0.3, -0.25) is 4.68 Å². The van der Waals surface area contributed by atoms with Crippen LogP contribution in [0, 0.1) is 5.82 Å². The van der Waals surface area contributed by atoms with Crippen LogP contribution in [0.1, 0.15) is 12.5 Å². The second-order valence-corrected chi connectivity index (χ2v) is 3.91. The van der Waals surface area contributed by atoms with Crippen LogP contribution in [0.5, 0.6) is 5.75 Å². The minimum atomic E-state index is -0.359. The zero-order valence-electron chi connectivity index (χ0n) is 10.5. The Bertz CT molecular complexity index is 525. The summed E-state index contributed by atoms with van der Waals surface area (Å²) in [7, 11) is 1.45. The molecule has 2 rings (SSSR count). The molecule has 18 heavy (non-hydrogen) atoms. The van der Waals surface area contributed by atoms with E-state index in [1.165, 1.54) is 13.2 Å². The highest BCUT2D eigenvalue weighted by molar-refractivity contribution is 5.49. The van der Waals surface area contributed by atoms with E-state index in [2.05, 4.69) is 10.4 Å². The fraction of sp³-hybridized carbons (Fsp3) is 0.308. The summed E-state index contributed by atoms with van der Waals surface area (Å²) in [6.07, 6.45) is 3.80. The maximum absolute atomic E-state index is 13.2. The highest BCUT2D eigenvalue weighted by Gasteiger charge is 2.03. The van der Waals surface area contributed by atoms with E-state index >= 15 is 0 Å². The molecule has 0 radical (unpaired) electrons. The van der Waals surface area contributed by atoms with Gasteiger partial charge in [0, 0.05) is 36.6 Å². The molecule has 1 aromatic carbocycles. The van der Waals surface area contributed by atoms with Gasteiger partial charge < -0.3 is 10.1 Å². The third-order valence-electron chi connectivity index (χ3n) is 2.66. The molecule has 2 aromatic rings. The van der Waals surface area contributed by atoms with Gasteiger partial charge in [0.25, 0.3) is 0 Å². The molecule has 0 saturated heterocycles. The Balaban J connectivity index is 2.01. The quantitative estimate of drug-likeness (QED) is 0.885. The van der Waals surface area contributed by atoms with Crippen LogP contribution in [0.2, 0.25) is 0 Å². The standard InChI is InChI=1S/C13H16FN3O/c1-3-17-9-10(8-16-17)7-15-11-4-5-12(14)13(6-11)18-2/h4-6,8-9,15H,3,7H2,1-2H3. The van der Waals surface area contributed by atoms with Crippen molar-refractivity contribution in [1.29, 1.82) is 0 Å². The van der Waals surface area contributed by atoms with E-state index < -0.39 is 0 Å². The second-order valence-electron chi connectivity index (χ2n) is 3.91. The SMILES string of the molecule is CCn1cc(CNc2ccc(F)c(OC)c2)cn1. The van der Waals surface area contributed by atoms with Crippen molar-refractivity contribution in [1.82, 2.24) is 9.78 Å². The lowest BCUT2D eigenvalue weighted by Gasteiger charge is -2.07. The van der Waals surface area contributed by atoms with Crippen molar-refractivity contribution in [3.63, 3.8) is 0 Å². The van der Waals surface area contributed by atoms with Crippen LogP contribution >= 0.6 is 0 Å². The van der Waals surface area contributed by atoms with Crippen LogP contribution in [0.3, 0.4) is 0 Å². The van der Waals surface area contributed by atoms with Crippen molar-refractivity contribution < 1.29 is 9.13 Å². The lowest BCUT2D eigenvalue weighted by molar-refractivity contribution is 0.387. The summed E-state index contributed by atoms with van der Waals surface area (Å²) in [5, 5.41) is 7.39. The van der Waals surface area contributed by atoms with Gasteiger partial charge in [-0.25, -0.2) is 4.39 Å². The molecule has 1 heterocycles. The molecule has 0 spiro atoms. The molecule has 5 heteroatoms. The molecule has 0 saturated carbocycles. The molecule has 0 bridgehead atoms. The number of methoxy groups -OCH3 is 1. The van der Waals surface area contributed by atoms with Crippen molar-refractivity contribution in [3.05, 3.63) is 42.0 Å². The van der Waals surface area contributed by atoms with Gasteiger partial charge in [-0.1, -0.05) is 0 Å². The Kier molecular flexibility index (Phi) is 3.82. The van der Waals surface area contributed by atoms with Gasteiger partial charge in [-0.15, -0.1) is 0 Å². The summed E-state index contributed by atoms with van der Waals surface area (Å²) in [6, 6.07) is 4.71. The number of anilines is 1. The molecule has 1 aromatic heterocycles. The number of halogens is 1. The number of rotatable bonds is 5. The van der Waals surface area contributed by atoms with E-state index in [1.807, 2.05) is 24.0 Å². The number of hydrogen-bond donors (Lipinski definition) is 1. The molecule has 0 aliphatic rings. The molecule has 0 aliphatic heterocycles. The average Bonchev–Trinajstić information content (AvgIpc) is 2.86. The first-order valence-electron chi connectivity index (χ1n) is 5.81. The molecule has 0 amide bonds. The van der Waals surface area contributed by atoms with Gasteiger partial charge in [0.1, 0.15) is 0 Å². The first kappa shape index (κ1) is 12.4. The average molecular weight is 249 g/mol. The first-order valence-corrected chi connectivity index (χ1v) is 5.81. The number of hydrogen-bond acceptors (Lipinski definition) is 3. The number of aryl methyl sites for hydroxylation is 1. The molecule has 1 N–H and O–H groups in total. The molecule has 0 atom stereocenters. The lowest BCUT2D eigenvalue weighted by atomic mass is 10.2. The van der Waals surface area contributed by atoms with Crippen LogP contribution < -0.4 is 10.1 Å². The number of nitrogens with one attached hydrogen (secondary N) is 1. The Morgan fingerprint density at radius 3 is 2.94 bits per heavy atom. The minimum absolute atomic E-state index is 0.240. The van der Waals surface area contributed by atoms with Crippen LogP contribution in [0.15, 0.2) is 30.6 Å². The van der Waals surface area contributed by atoms with Gasteiger partial charge in [0.2, 0.25) is 0 Å². The lowest BCUT2D eigenvalue weighted by Crippen LogP contribution is -1.99. The third kappa shape index (κ3) is 2.80. The highest BCUT2D eigenvalue weighted by atomic mass is 19.1. The maximum Gasteiger partial charge on any atom is 0.165 e. The highest BCUT2D eigenvalue weighted by Crippen LogP contribution is 2.21. The van der Waals surface area contributed by atoms with Crippen LogP contribution in [0.4, 0.5) is 10.1 Å². The van der Waals surface area contributed by atoms with Crippen molar-refractivity contribution in [2.75, 3.05) is 12.4 Å². The minimum Gasteiger partial charge on any atom is -0.494 e. The number of ether oxygens (including phenoxy) is 1. The summed E-state index contributed by atoms with van der Waals surface area (Å²) in [5.41, 5.74) is 1.90. The van der Waals surface area contributed by atoms with Crippen molar-refractivity contribution >= 4 is 5.69 Å². The summed E-state index contributed by atoms with van der Waals surface area (Å²) in [5.74, 6) is -0.119. The van der Waals surface area contributed by atoms with Gasteiger partial charge in [0.15, 0.2) is 11.6 Å². The Morgan fingerprint density at radius 2 is 2.28 bits per heavy atom. The van der Waals surface area contributed by atoms with E-state index in [9.17, 15) is 4.39 Å². The van der Waals surface area contributed by atoms with Gasteiger partial charge in [-0.05, 0) is 19.1 Å². The summed E-state index contributed by atoms with van der Waals surface area (Å²) < 4.78 is 20.0. The van der Waals surface area contributed by atoms with Gasteiger partial charge >= 0.3 is 0 Å². The Labute approximate surface area is 105 Å². The Morgan fingerprint density at radius 1 is 1.44 bits per heavy atom. The normalized spacial score (nSPS) is 10.4. The van der Waals surface area contributed by atoms with E-state index in [-0.39, 0.29) is 11.6 Å². The van der Waals surface area contributed by atoms with Crippen LogP contribution in [0.25, 0.3) is 0 Å². The monoisotopic (exact) mass is 249 g/mol. The molecule has 96 valence electrons. The fourth-order valence-corrected chi connectivity index (χ4v) is 1.64. The predicted molar refractivity (Wildman–Crippen MR) is 68.2 cm³/mol. The molecular weight excluding hydrogens is 233 g/mol. The van der Waals surface area contributed by atoms with E-state index in [1.54, 1.807) is 12.1 Å². The zero-order valence-corrected chi connectivity index (χ0v) is 10.5. The van der Waals surface area contributed by atoms with Crippen molar-refractivity contribution in [2.45, 2.75) is 20.0 Å². The molecular formula is C13H16FN3O. The van der Waals surface area contributed by atoms with Crippen LogP contribution in [-0.4, -0.2) is 16.9 Å². The summed E-state index contributed by atoms with van der Waals surface area (Å²) in [6.45, 7) is 3.54. The van der Waals surface area contributed by atoms with Gasteiger partial charge in [0.05, 0.1) is 13.3 Å². The summed E-state index contributed by atoms with van der Waals surface area (Å²) in [4.78, 5) is 0. The van der Waals surface area contributed by atoms with E-state index in [4.69, 9.17) is 4.74 Å². The van der Waals surface area contributed by atoms with E-state index in [0.717, 1.165) is 17.8 Å². The molecule has 0 unspecified atom stereocenters. The second kappa shape index (κ2) is 5.53. The molecule has 0 fully saturated rings.